The second-order valence-corrected chi connectivity index (χ2v) is 7.99. The van der Waals surface area contributed by atoms with Gasteiger partial charge in [0.1, 0.15) is 0 Å². The molecule has 0 aromatic rings. The van der Waals surface area contributed by atoms with Gasteiger partial charge in [0.05, 0.1) is 5.75 Å². The maximum atomic E-state index is 11.5. The molecule has 0 radical (unpaired) electrons. The van der Waals surface area contributed by atoms with Gasteiger partial charge in [-0.1, -0.05) is 0 Å². The number of piperidine rings is 1. The minimum absolute atomic E-state index is 0.195. The lowest BCUT2D eigenvalue weighted by molar-refractivity contribution is 0.255. The van der Waals surface area contributed by atoms with E-state index in [1.54, 1.807) is 6.92 Å². The Bertz CT molecular complexity index is 394. The van der Waals surface area contributed by atoms with Gasteiger partial charge in [-0.25, -0.2) is 13.1 Å². The van der Waals surface area contributed by atoms with Gasteiger partial charge in [-0.2, -0.15) is 0 Å². The summed E-state index contributed by atoms with van der Waals surface area (Å²) in [6.45, 7) is 7.35. The molecular weight excluding hydrogens is 250 g/mol. The maximum Gasteiger partial charge on any atom is 0.211 e. The van der Waals surface area contributed by atoms with E-state index in [1.807, 2.05) is 0 Å². The van der Waals surface area contributed by atoms with E-state index in [-0.39, 0.29) is 11.8 Å². The Morgan fingerprint density at radius 1 is 1.33 bits per heavy atom. The van der Waals surface area contributed by atoms with Crippen LogP contribution in [0.15, 0.2) is 0 Å². The molecule has 0 spiro atoms. The number of hydrogen-bond donors (Lipinski definition) is 2. The monoisotopic (exact) mass is 273 g/mol. The van der Waals surface area contributed by atoms with Gasteiger partial charge in [-0.05, 0) is 44.2 Å². The number of rotatable bonds is 5. The lowest BCUT2D eigenvalue weighted by atomic mass is 10.1. The highest BCUT2D eigenvalue weighted by Crippen LogP contribution is 2.46. The predicted octanol–water partition coefficient (Wildman–Crippen LogP) is -0.535. The molecule has 5 nitrogen and oxygen atoms in total. The van der Waals surface area contributed by atoms with E-state index in [9.17, 15) is 8.42 Å². The van der Waals surface area contributed by atoms with E-state index in [1.165, 1.54) is 13.0 Å². The fourth-order valence-electron chi connectivity index (χ4n) is 3.46. The van der Waals surface area contributed by atoms with E-state index in [0.717, 1.165) is 32.1 Å². The minimum atomic E-state index is -3.02. The van der Waals surface area contributed by atoms with Gasteiger partial charge in [0, 0.05) is 25.7 Å². The number of fused-ring (bicyclic) bond motifs is 1. The molecule has 3 aliphatic rings. The Morgan fingerprint density at radius 2 is 2.06 bits per heavy atom. The van der Waals surface area contributed by atoms with Crippen molar-refractivity contribution in [3.05, 3.63) is 0 Å². The topological polar surface area (TPSA) is 61.4 Å². The number of nitrogens with zero attached hydrogens (tertiary/aromatic N) is 1. The van der Waals surface area contributed by atoms with E-state index >= 15 is 0 Å². The van der Waals surface area contributed by atoms with Crippen molar-refractivity contribution in [2.45, 2.75) is 19.4 Å². The number of hydrogen-bond acceptors (Lipinski definition) is 4. The fourth-order valence-corrected chi connectivity index (χ4v) is 4.39. The minimum Gasteiger partial charge on any atom is -0.316 e. The van der Waals surface area contributed by atoms with E-state index < -0.39 is 10.0 Å². The molecule has 3 atom stereocenters. The summed E-state index contributed by atoms with van der Waals surface area (Å²) in [5.41, 5.74) is 0. The summed E-state index contributed by atoms with van der Waals surface area (Å²) in [5, 5.41) is 3.40. The average Bonchev–Trinajstić information content (AvgIpc) is 2.82. The van der Waals surface area contributed by atoms with Gasteiger partial charge in [0.2, 0.25) is 10.0 Å². The molecule has 2 heterocycles. The first-order valence-electron chi connectivity index (χ1n) is 7.02. The van der Waals surface area contributed by atoms with Crippen molar-refractivity contribution in [2.75, 3.05) is 38.5 Å². The summed E-state index contributed by atoms with van der Waals surface area (Å²) >= 11 is 0. The first-order valence-corrected chi connectivity index (χ1v) is 8.67. The van der Waals surface area contributed by atoms with Crippen LogP contribution in [0.1, 0.15) is 13.3 Å². The Balaban J connectivity index is 1.44. The first-order chi connectivity index (χ1) is 8.59. The van der Waals surface area contributed by atoms with Crippen LogP contribution in [0.3, 0.4) is 0 Å². The van der Waals surface area contributed by atoms with Crippen LogP contribution in [0.25, 0.3) is 0 Å². The van der Waals surface area contributed by atoms with Crippen molar-refractivity contribution in [1.82, 2.24) is 14.9 Å². The fraction of sp³-hybridized carbons (Fsp3) is 1.00. The Labute approximate surface area is 109 Å². The van der Waals surface area contributed by atoms with Crippen LogP contribution in [0, 0.1) is 17.8 Å². The Morgan fingerprint density at radius 3 is 2.61 bits per heavy atom. The molecular formula is C12H23N3O2S. The Kier molecular flexibility index (Phi) is 3.38. The van der Waals surface area contributed by atoms with Gasteiger partial charge < -0.3 is 10.2 Å². The number of sulfonamides is 1. The van der Waals surface area contributed by atoms with Gasteiger partial charge in [0.25, 0.3) is 0 Å². The van der Waals surface area contributed by atoms with Crippen LogP contribution >= 0.6 is 0 Å². The highest BCUT2D eigenvalue weighted by molar-refractivity contribution is 7.89. The lowest BCUT2D eigenvalue weighted by Gasteiger charge is -2.22. The largest absolute Gasteiger partial charge is 0.316 e. The van der Waals surface area contributed by atoms with Gasteiger partial charge in [-0.3, -0.25) is 0 Å². The molecule has 3 fully saturated rings. The van der Waals surface area contributed by atoms with Crippen molar-refractivity contribution in [3.8, 4) is 0 Å². The van der Waals surface area contributed by atoms with Crippen molar-refractivity contribution in [2.24, 2.45) is 17.8 Å². The van der Waals surface area contributed by atoms with Crippen LogP contribution in [0.5, 0.6) is 0 Å². The van der Waals surface area contributed by atoms with E-state index in [4.69, 9.17) is 0 Å². The summed E-state index contributed by atoms with van der Waals surface area (Å²) in [7, 11) is -3.02. The smallest absolute Gasteiger partial charge is 0.211 e. The number of nitrogens with one attached hydrogen (secondary N) is 2. The van der Waals surface area contributed by atoms with E-state index in [2.05, 4.69) is 14.9 Å². The summed E-state index contributed by atoms with van der Waals surface area (Å²) in [6.07, 6.45) is 1.29. The normalized spacial score (nSPS) is 40.1. The van der Waals surface area contributed by atoms with Crippen LogP contribution in [0.4, 0.5) is 0 Å². The SMILES string of the molecule is CCS(=O)(=O)NC1C2CN(C[C@H]3CCNC3)CC21. The molecule has 104 valence electrons. The third-order valence-corrected chi connectivity index (χ3v) is 6.04. The average molecular weight is 273 g/mol. The second kappa shape index (κ2) is 4.74. The van der Waals surface area contributed by atoms with Gasteiger partial charge >= 0.3 is 0 Å². The van der Waals surface area contributed by atoms with Crippen molar-refractivity contribution in [1.29, 1.82) is 0 Å². The quantitative estimate of drug-likeness (QED) is 0.707. The molecule has 0 aromatic carbocycles. The zero-order valence-corrected chi connectivity index (χ0v) is 11.7. The zero-order chi connectivity index (χ0) is 12.8. The molecule has 1 aliphatic carbocycles. The highest BCUT2D eigenvalue weighted by Gasteiger charge is 2.56. The number of likely N-dealkylation sites (tertiary alicyclic amines) is 1. The molecule has 0 bridgehead atoms. The molecule has 2 N–H and O–H groups in total. The van der Waals surface area contributed by atoms with Crippen LogP contribution in [-0.4, -0.2) is 57.8 Å². The second-order valence-electron chi connectivity index (χ2n) is 5.95. The molecule has 0 aromatic heterocycles. The first kappa shape index (κ1) is 12.8. The molecule has 1 saturated carbocycles. The summed E-state index contributed by atoms with van der Waals surface area (Å²) in [6, 6.07) is 0.230. The van der Waals surface area contributed by atoms with Gasteiger partial charge in [-0.15, -0.1) is 0 Å². The van der Waals surface area contributed by atoms with Crippen LogP contribution < -0.4 is 10.0 Å². The van der Waals surface area contributed by atoms with Crippen molar-refractivity contribution < 1.29 is 8.42 Å². The molecule has 2 saturated heterocycles. The third-order valence-electron chi connectivity index (χ3n) is 4.64. The maximum absolute atomic E-state index is 11.5. The summed E-state index contributed by atoms with van der Waals surface area (Å²) < 4.78 is 25.8. The molecule has 2 unspecified atom stereocenters. The zero-order valence-electron chi connectivity index (χ0n) is 10.9. The molecule has 2 aliphatic heterocycles. The molecule has 6 heteroatoms. The molecule has 18 heavy (non-hydrogen) atoms. The lowest BCUT2D eigenvalue weighted by Crippen LogP contribution is -2.37. The third kappa shape index (κ3) is 2.57. The van der Waals surface area contributed by atoms with Crippen molar-refractivity contribution in [3.63, 3.8) is 0 Å². The van der Waals surface area contributed by atoms with E-state index in [0.29, 0.717) is 11.8 Å². The Hall–Kier alpha value is -0.170. The van der Waals surface area contributed by atoms with Gasteiger partial charge in [0.15, 0.2) is 0 Å². The van der Waals surface area contributed by atoms with Crippen molar-refractivity contribution >= 4 is 10.0 Å². The summed E-state index contributed by atoms with van der Waals surface area (Å²) in [5.74, 6) is 2.13. The molecule has 3 rings (SSSR count). The standard InChI is InChI=1S/C12H23N3O2S/c1-2-18(16,17)14-12-10-7-15(8-11(10)12)6-9-3-4-13-5-9/h9-14H,2-8H2,1H3/t9-,10?,11?,12?/m0/s1. The molecule has 0 amide bonds. The highest BCUT2D eigenvalue weighted by atomic mass is 32.2. The predicted molar refractivity (Wildman–Crippen MR) is 70.8 cm³/mol. The van der Waals surface area contributed by atoms with Crippen LogP contribution in [-0.2, 0) is 10.0 Å². The van der Waals surface area contributed by atoms with Crippen LogP contribution in [0.2, 0.25) is 0 Å². The summed E-state index contributed by atoms with van der Waals surface area (Å²) in [4.78, 5) is 2.52.